The average molecular weight is 270 g/mol. The first kappa shape index (κ1) is 12.5. The number of tetrazole rings is 1. The van der Waals surface area contributed by atoms with Crippen molar-refractivity contribution in [1.82, 2.24) is 30.3 Å². The van der Waals surface area contributed by atoms with Gasteiger partial charge in [-0.25, -0.2) is 4.68 Å². The van der Waals surface area contributed by atoms with E-state index in [1.807, 2.05) is 12.1 Å². The number of aromatic nitrogens is 6. The standard InChI is InChI=1S/C13H14N6O/c1-9-4-3-5-11(10(9)2)13-15-12(20-16-13)6-7-19-8-14-17-18-19/h3-5,8H,6-7H2,1-2H3. The summed E-state index contributed by atoms with van der Waals surface area (Å²) in [6.45, 7) is 4.74. The number of rotatable bonds is 4. The third kappa shape index (κ3) is 2.42. The monoisotopic (exact) mass is 270 g/mol. The molecule has 3 rings (SSSR count). The van der Waals surface area contributed by atoms with Crippen molar-refractivity contribution in [2.45, 2.75) is 26.8 Å². The fourth-order valence-corrected chi connectivity index (χ4v) is 1.95. The molecule has 7 nitrogen and oxygen atoms in total. The van der Waals surface area contributed by atoms with Gasteiger partial charge in [0.15, 0.2) is 0 Å². The number of hydrogen-bond donors (Lipinski definition) is 0. The second kappa shape index (κ2) is 5.20. The topological polar surface area (TPSA) is 82.5 Å². The zero-order valence-corrected chi connectivity index (χ0v) is 11.3. The summed E-state index contributed by atoms with van der Waals surface area (Å²) in [5.74, 6) is 1.20. The maximum Gasteiger partial charge on any atom is 0.228 e. The number of aryl methyl sites for hydroxylation is 3. The van der Waals surface area contributed by atoms with Crippen molar-refractivity contribution in [3.63, 3.8) is 0 Å². The van der Waals surface area contributed by atoms with Gasteiger partial charge >= 0.3 is 0 Å². The Bertz CT molecular complexity index is 703. The molecule has 0 atom stereocenters. The average Bonchev–Trinajstić information content (AvgIpc) is 3.10. The fraction of sp³-hybridized carbons (Fsp3) is 0.308. The number of nitrogens with zero attached hydrogens (tertiary/aromatic N) is 6. The highest BCUT2D eigenvalue weighted by Gasteiger charge is 2.11. The lowest BCUT2D eigenvalue weighted by Crippen LogP contribution is -2.02. The quantitative estimate of drug-likeness (QED) is 0.715. The van der Waals surface area contributed by atoms with Crippen LogP contribution in [0.5, 0.6) is 0 Å². The van der Waals surface area contributed by atoms with Crippen LogP contribution < -0.4 is 0 Å². The molecule has 0 fully saturated rings. The molecule has 0 bridgehead atoms. The number of hydrogen-bond acceptors (Lipinski definition) is 6. The van der Waals surface area contributed by atoms with Gasteiger partial charge in [0.2, 0.25) is 11.7 Å². The summed E-state index contributed by atoms with van der Waals surface area (Å²) in [6, 6.07) is 6.06. The molecule has 2 aromatic heterocycles. The molecule has 0 N–H and O–H groups in total. The van der Waals surface area contributed by atoms with Crippen LogP contribution in [0.3, 0.4) is 0 Å². The third-order valence-corrected chi connectivity index (χ3v) is 3.26. The summed E-state index contributed by atoms with van der Waals surface area (Å²) in [7, 11) is 0. The normalized spacial score (nSPS) is 10.9. The van der Waals surface area contributed by atoms with Crippen molar-refractivity contribution in [2.24, 2.45) is 0 Å². The Kier molecular flexibility index (Phi) is 3.24. The van der Waals surface area contributed by atoms with Crippen LogP contribution in [0.4, 0.5) is 0 Å². The SMILES string of the molecule is Cc1cccc(-c2noc(CCn3cnnn3)n2)c1C. The van der Waals surface area contributed by atoms with Gasteiger partial charge in [-0.1, -0.05) is 23.4 Å². The van der Waals surface area contributed by atoms with E-state index in [0.717, 1.165) is 5.56 Å². The molecule has 102 valence electrons. The molecule has 0 aliphatic carbocycles. The largest absolute Gasteiger partial charge is 0.339 e. The second-order valence-electron chi connectivity index (χ2n) is 4.58. The molecule has 0 spiro atoms. The summed E-state index contributed by atoms with van der Waals surface area (Å²) in [5, 5.41) is 15.0. The van der Waals surface area contributed by atoms with Crippen molar-refractivity contribution in [3.8, 4) is 11.4 Å². The van der Waals surface area contributed by atoms with E-state index in [2.05, 4.69) is 45.6 Å². The first-order valence-corrected chi connectivity index (χ1v) is 6.34. The van der Waals surface area contributed by atoms with Crippen LogP contribution in [0.1, 0.15) is 17.0 Å². The Morgan fingerprint density at radius 1 is 1.25 bits per heavy atom. The molecule has 0 radical (unpaired) electrons. The minimum atomic E-state index is 0.580. The maximum atomic E-state index is 5.27. The Morgan fingerprint density at radius 2 is 2.15 bits per heavy atom. The lowest BCUT2D eigenvalue weighted by molar-refractivity contribution is 0.368. The van der Waals surface area contributed by atoms with Gasteiger partial charge < -0.3 is 4.52 Å². The van der Waals surface area contributed by atoms with Crippen molar-refractivity contribution >= 4 is 0 Å². The predicted octanol–water partition coefficient (Wildman–Crippen LogP) is 1.58. The molecule has 0 amide bonds. The van der Waals surface area contributed by atoms with Gasteiger partial charge in [-0.15, -0.1) is 5.10 Å². The van der Waals surface area contributed by atoms with Crippen LogP contribution >= 0.6 is 0 Å². The van der Waals surface area contributed by atoms with Gasteiger partial charge in [-0.3, -0.25) is 0 Å². The lowest BCUT2D eigenvalue weighted by Gasteiger charge is -2.03. The zero-order chi connectivity index (χ0) is 13.9. The van der Waals surface area contributed by atoms with Gasteiger partial charge in [0.1, 0.15) is 6.33 Å². The van der Waals surface area contributed by atoms with Crippen LogP contribution in [-0.2, 0) is 13.0 Å². The van der Waals surface area contributed by atoms with Gasteiger partial charge in [0.25, 0.3) is 0 Å². The van der Waals surface area contributed by atoms with Crippen LogP contribution in [0.25, 0.3) is 11.4 Å². The van der Waals surface area contributed by atoms with E-state index in [-0.39, 0.29) is 0 Å². The Hall–Kier alpha value is -2.57. The summed E-state index contributed by atoms with van der Waals surface area (Å²) in [6.07, 6.45) is 2.16. The van der Waals surface area contributed by atoms with E-state index in [1.165, 1.54) is 11.1 Å². The van der Waals surface area contributed by atoms with Crippen LogP contribution in [0.15, 0.2) is 29.0 Å². The van der Waals surface area contributed by atoms with E-state index in [0.29, 0.717) is 24.7 Å². The van der Waals surface area contributed by atoms with Gasteiger partial charge in [0.05, 0.1) is 6.54 Å². The van der Waals surface area contributed by atoms with Crippen molar-refractivity contribution in [2.75, 3.05) is 0 Å². The van der Waals surface area contributed by atoms with E-state index in [1.54, 1.807) is 11.0 Å². The molecule has 7 heteroatoms. The zero-order valence-electron chi connectivity index (χ0n) is 11.3. The smallest absolute Gasteiger partial charge is 0.228 e. The van der Waals surface area contributed by atoms with Crippen molar-refractivity contribution in [1.29, 1.82) is 0 Å². The molecule has 0 aliphatic rings. The molecule has 0 unspecified atom stereocenters. The molecule has 0 aliphatic heterocycles. The van der Waals surface area contributed by atoms with Gasteiger partial charge in [-0.05, 0) is 35.4 Å². The first-order valence-electron chi connectivity index (χ1n) is 6.34. The van der Waals surface area contributed by atoms with E-state index in [9.17, 15) is 0 Å². The van der Waals surface area contributed by atoms with Crippen LogP contribution in [0, 0.1) is 13.8 Å². The molecule has 1 aromatic carbocycles. The highest BCUT2D eigenvalue weighted by atomic mass is 16.5. The molecular formula is C13H14N6O. The summed E-state index contributed by atoms with van der Waals surface area (Å²) in [5.41, 5.74) is 3.38. The molecule has 3 aromatic rings. The fourth-order valence-electron chi connectivity index (χ4n) is 1.95. The summed E-state index contributed by atoms with van der Waals surface area (Å²) in [4.78, 5) is 4.42. The molecule has 0 saturated carbocycles. The molecule has 2 heterocycles. The maximum absolute atomic E-state index is 5.27. The Labute approximate surface area is 115 Å². The van der Waals surface area contributed by atoms with Gasteiger partial charge in [0, 0.05) is 12.0 Å². The summed E-state index contributed by atoms with van der Waals surface area (Å²) < 4.78 is 6.90. The highest BCUT2D eigenvalue weighted by Crippen LogP contribution is 2.22. The van der Waals surface area contributed by atoms with Gasteiger partial charge in [-0.2, -0.15) is 4.98 Å². The van der Waals surface area contributed by atoms with E-state index < -0.39 is 0 Å². The number of benzene rings is 1. The predicted molar refractivity (Wildman–Crippen MR) is 70.7 cm³/mol. The van der Waals surface area contributed by atoms with Crippen LogP contribution in [-0.4, -0.2) is 30.3 Å². The molecule has 20 heavy (non-hydrogen) atoms. The van der Waals surface area contributed by atoms with E-state index >= 15 is 0 Å². The minimum absolute atomic E-state index is 0.580. The highest BCUT2D eigenvalue weighted by molar-refractivity contribution is 5.61. The first-order chi connectivity index (χ1) is 9.74. The van der Waals surface area contributed by atoms with E-state index in [4.69, 9.17) is 4.52 Å². The van der Waals surface area contributed by atoms with Crippen molar-refractivity contribution in [3.05, 3.63) is 41.5 Å². The Balaban J connectivity index is 1.78. The van der Waals surface area contributed by atoms with Crippen molar-refractivity contribution < 1.29 is 4.52 Å². The second-order valence-corrected chi connectivity index (χ2v) is 4.58. The summed E-state index contributed by atoms with van der Waals surface area (Å²) >= 11 is 0. The lowest BCUT2D eigenvalue weighted by atomic mass is 10.0. The molecular weight excluding hydrogens is 256 g/mol. The third-order valence-electron chi connectivity index (χ3n) is 3.26. The van der Waals surface area contributed by atoms with Crippen LogP contribution in [0.2, 0.25) is 0 Å². The minimum Gasteiger partial charge on any atom is -0.339 e. The Morgan fingerprint density at radius 3 is 2.95 bits per heavy atom. The molecule has 0 saturated heterocycles.